The molecule has 1 aliphatic heterocycles. The van der Waals surface area contributed by atoms with Crippen molar-refractivity contribution < 1.29 is 5.11 Å². The van der Waals surface area contributed by atoms with E-state index in [1.54, 1.807) is 0 Å². The number of phenols is 1. The first-order chi connectivity index (χ1) is 9.65. The molecule has 2 aromatic rings. The highest BCUT2D eigenvalue weighted by molar-refractivity contribution is 6.32. The van der Waals surface area contributed by atoms with E-state index in [1.807, 2.05) is 18.2 Å². The number of halogens is 2. The second-order valence-corrected chi connectivity index (χ2v) is 5.89. The number of fused-ring (bicyclic) bond motifs is 1. The summed E-state index contributed by atoms with van der Waals surface area (Å²) in [5.74, 6) is 0.456. The van der Waals surface area contributed by atoms with E-state index in [4.69, 9.17) is 11.6 Å². The van der Waals surface area contributed by atoms with E-state index in [-0.39, 0.29) is 24.1 Å². The average Bonchev–Trinajstić information content (AvgIpc) is 2.61. The van der Waals surface area contributed by atoms with Gasteiger partial charge in [-0.15, -0.1) is 12.4 Å². The number of rotatable bonds is 1. The zero-order chi connectivity index (χ0) is 14.1. The van der Waals surface area contributed by atoms with Gasteiger partial charge in [0.15, 0.2) is 0 Å². The van der Waals surface area contributed by atoms with E-state index in [1.165, 1.54) is 16.7 Å². The van der Waals surface area contributed by atoms with Gasteiger partial charge < -0.3 is 10.0 Å². The van der Waals surface area contributed by atoms with E-state index in [0.29, 0.717) is 5.02 Å². The van der Waals surface area contributed by atoms with E-state index < -0.39 is 0 Å². The minimum atomic E-state index is 0. The molecule has 0 saturated carbocycles. The molecule has 3 rings (SSSR count). The first kappa shape index (κ1) is 16.2. The molecule has 1 heterocycles. The topological polar surface area (TPSA) is 23.5 Å². The number of benzene rings is 2. The van der Waals surface area contributed by atoms with Crippen molar-refractivity contribution in [1.82, 2.24) is 4.90 Å². The summed E-state index contributed by atoms with van der Waals surface area (Å²) in [6, 6.07) is 14.2. The number of aromatic hydroxyl groups is 1. The molecule has 0 unspecified atom stereocenters. The third kappa shape index (κ3) is 3.34. The smallest absolute Gasteiger partial charge is 0.134 e. The maximum absolute atomic E-state index is 9.95. The van der Waals surface area contributed by atoms with Gasteiger partial charge in [-0.1, -0.05) is 41.9 Å². The van der Waals surface area contributed by atoms with Gasteiger partial charge in [0.1, 0.15) is 5.75 Å². The third-order valence-electron chi connectivity index (χ3n) is 4.04. The van der Waals surface area contributed by atoms with Crippen LogP contribution in [0.2, 0.25) is 5.02 Å². The Labute approximate surface area is 136 Å². The predicted octanol–water partition coefficient (Wildman–Crippen LogP) is 4.09. The molecule has 21 heavy (non-hydrogen) atoms. The van der Waals surface area contributed by atoms with E-state index in [0.717, 1.165) is 19.5 Å². The molecule has 1 aliphatic rings. The molecular weight excluding hydrogens is 305 g/mol. The van der Waals surface area contributed by atoms with Crippen molar-refractivity contribution in [2.75, 3.05) is 20.1 Å². The van der Waals surface area contributed by atoms with Crippen molar-refractivity contribution in [1.29, 1.82) is 0 Å². The van der Waals surface area contributed by atoms with Crippen LogP contribution in [-0.4, -0.2) is 30.1 Å². The molecule has 0 fully saturated rings. The molecule has 0 spiro atoms. The quantitative estimate of drug-likeness (QED) is 0.854. The Morgan fingerprint density at radius 1 is 1.19 bits per heavy atom. The number of hydrogen-bond acceptors (Lipinski definition) is 2. The van der Waals surface area contributed by atoms with Crippen molar-refractivity contribution in [3.05, 3.63) is 64.2 Å². The lowest BCUT2D eigenvalue weighted by atomic mass is 9.88. The lowest BCUT2D eigenvalue weighted by molar-refractivity contribution is 0.338. The molecule has 0 radical (unpaired) electrons. The normalized spacial score (nSPS) is 18.5. The van der Waals surface area contributed by atoms with Gasteiger partial charge in [-0.25, -0.2) is 0 Å². The zero-order valence-corrected chi connectivity index (χ0v) is 13.5. The summed E-state index contributed by atoms with van der Waals surface area (Å²) < 4.78 is 0. The summed E-state index contributed by atoms with van der Waals surface area (Å²) in [6.07, 6.45) is 0.967. The Balaban J connectivity index is 0.00000161. The predicted molar refractivity (Wildman–Crippen MR) is 89.9 cm³/mol. The molecule has 0 bridgehead atoms. The summed E-state index contributed by atoms with van der Waals surface area (Å²) in [4.78, 5) is 2.34. The third-order valence-corrected chi connectivity index (χ3v) is 4.35. The number of hydrogen-bond donors (Lipinski definition) is 1. The summed E-state index contributed by atoms with van der Waals surface area (Å²) in [5, 5.41) is 10.4. The van der Waals surface area contributed by atoms with E-state index in [9.17, 15) is 5.11 Å². The van der Waals surface area contributed by atoms with Crippen LogP contribution in [0.15, 0.2) is 42.5 Å². The largest absolute Gasteiger partial charge is 0.506 e. The van der Waals surface area contributed by atoms with Crippen molar-refractivity contribution in [3.63, 3.8) is 0 Å². The number of likely N-dealkylation sites (N-methyl/N-ethyl adjacent to an activating group) is 1. The molecule has 0 amide bonds. The van der Waals surface area contributed by atoms with Crippen molar-refractivity contribution >= 4 is 24.0 Å². The Hall–Kier alpha value is -1.22. The van der Waals surface area contributed by atoms with Crippen LogP contribution in [0.3, 0.4) is 0 Å². The van der Waals surface area contributed by atoms with Crippen LogP contribution in [0.4, 0.5) is 0 Å². The Morgan fingerprint density at radius 2 is 1.90 bits per heavy atom. The molecule has 0 saturated heterocycles. The van der Waals surface area contributed by atoms with Gasteiger partial charge in [-0.2, -0.15) is 0 Å². The van der Waals surface area contributed by atoms with Crippen molar-refractivity contribution in [3.8, 4) is 5.75 Å². The van der Waals surface area contributed by atoms with Crippen LogP contribution in [0, 0.1) is 0 Å². The molecule has 4 heteroatoms. The van der Waals surface area contributed by atoms with Gasteiger partial charge in [0.2, 0.25) is 0 Å². The summed E-state index contributed by atoms with van der Waals surface area (Å²) in [5.41, 5.74) is 3.72. The second-order valence-electron chi connectivity index (χ2n) is 5.48. The molecule has 1 N–H and O–H groups in total. The summed E-state index contributed by atoms with van der Waals surface area (Å²) in [7, 11) is 2.14. The Kier molecular flexibility index (Phi) is 5.15. The Bertz CT molecular complexity index is 616. The standard InChI is InChI=1S/C17H18ClNO.ClH/c1-19-8-7-13-9-16(18)17(20)10-14(13)15(11-19)12-5-3-2-4-6-12;/h2-6,9-10,15,20H,7-8,11H2,1H3;1H/t15-;/m1./s1. The fourth-order valence-electron chi connectivity index (χ4n) is 2.94. The van der Waals surface area contributed by atoms with Crippen LogP contribution in [0.1, 0.15) is 22.6 Å². The fraction of sp³-hybridized carbons (Fsp3) is 0.294. The number of nitrogens with zero attached hydrogens (tertiary/aromatic N) is 1. The maximum atomic E-state index is 9.95. The molecule has 0 aliphatic carbocycles. The molecule has 112 valence electrons. The average molecular weight is 324 g/mol. The molecular formula is C17H19Cl2NO. The first-order valence-corrected chi connectivity index (χ1v) is 7.27. The van der Waals surface area contributed by atoms with Gasteiger partial charge in [0.25, 0.3) is 0 Å². The Morgan fingerprint density at radius 3 is 2.62 bits per heavy atom. The SMILES string of the molecule is CN1CCc2cc(Cl)c(O)cc2[C@@H](c2ccccc2)C1.Cl. The van der Waals surface area contributed by atoms with Gasteiger partial charge in [-0.3, -0.25) is 0 Å². The van der Waals surface area contributed by atoms with Gasteiger partial charge in [0, 0.05) is 19.0 Å². The maximum Gasteiger partial charge on any atom is 0.134 e. The van der Waals surface area contributed by atoms with Crippen LogP contribution in [0.5, 0.6) is 5.75 Å². The number of phenolic OH excluding ortho intramolecular Hbond substituents is 1. The minimum Gasteiger partial charge on any atom is -0.506 e. The van der Waals surface area contributed by atoms with Gasteiger partial charge in [0.05, 0.1) is 5.02 Å². The lowest BCUT2D eigenvalue weighted by Crippen LogP contribution is -2.24. The summed E-state index contributed by atoms with van der Waals surface area (Å²) >= 11 is 6.07. The van der Waals surface area contributed by atoms with Crippen LogP contribution in [-0.2, 0) is 6.42 Å². The van der Waals surface area contributed by atoms with Crippen LogP contribution in [0.25, 0.3) is 0 Å². The lowest BCUT2D eigenvalue weighted by Gasteiger charge is -2.22. The van der Waals surface area contributed by atoms with Crippen molar-refractivity contribution in [2.24, 2.45) is 0 Å². The molecule has 0 aromatic heterocycles. The van der Waals surface area contributed by atoms with E-state index in [2.05, 4.69) is 36.2 Å². The molecule has 2 nitrogen and oxygen atoms in total. The van der Waals surface area contributed by atoms with E-state index >= 15 is 0 Å². The van der Waals surface area contributed by atoms with Gasteiger partial charge in [-0.05, 0) is 42.3 Å². The van der Waals surface area contributed by atoms with Crippen LogP contribution >= 0.6 is 24.0 Å². The highest BCUT2D eigenvalue weighted by Crippen LogP contribution is 2.36. The summed E-state index contributed by atoms with van der Waals surface area (Å²) in [6.45, 7) is 1.97. The van der Waals surface area contributed by atoms with Gasteiger partial charge >= 0.3 is 0 Å². The van der Waals surface area contributed by atoms with Crippen LogP contribution < -0.4 is 0 Å². The highest BCUT2D eigenvalue weighted by atomic mass is 35.5. The molecule has 2 aromatic carbocycles. The second kappa shape index (κ2) is 6.69. The highest BCUT2D eigenvalue weighted by Gasteiger charge is 2.24. The molecule has 1 atom stereocenters. The van der Waals surface area contributed by atoms with Crippen molar-refractivity contribution in [2.45, 2.75) is 12.3 Å². The monoisotopic (exact) mass is 323 g/mol. The fourth-order valence-corrected chi connectivity index (χ4v) is 3.13. The minimum absolute atomic E-state index is 0. The zero-order valence-electron chi connectivity index (χ0n) is 11.9. The first-order valence-electron chi connectivity index (χ1n) is 6.90.